The molecule has 0 bridgehead atoms. The number of ether oxygens (including phenoxy) is 2. The molecule has 3 aromatic rings. The molecule has 2 aromatic carbocycles. The van der Waals surface area contributed by atoms with Crippen LogP contribution < -0.4 is 14.8 Å². The number of rotatable bonds is 4. The molecule has 146 valence electrons. The Labute approximate surface area is 163 Å². The summed E-state index contributed by atoms with van der Waals surface area (Å²) in [5.41, 5.74) is 3.65. The number of nitrogens with zero attached hydrogens (tertiary/aromatic N) is 1. The highest BCUT2D eigenvalue weighted by molar-refractivity contribution is 6.22. The molecule has 1 aliphatic rings. The fourth-order valence-corrected chi connectivity index (χ4v) is 4.02. The van der Waals surface area contributed by atoms with E-state index in [2.05, 4.69) is 9.88 Å². The van der Waals surface area contributed by atoms with Gasteiger partial charge in [-0.3, -0.25) is 4.79 Å². The first-order valence-corrected chi connectivity index (χ1v) is 9.34. The van der Waals surface area contributed by atoms with Crippen LogP contribution in [0.25, 0.3) is 10.9 Å². The highest BCUT2D eigenvalue weighted by Gasteiger charge is 2.32. The van der Waals surface area contributed by atoms with E-state index in [1.165, 1.54) is 7.11 Å². The van der Waals surface area contributed by atoms with Crippen LogP contribution in [0, 0.1) is 13.8 Å². The molecule has 0 atom stereocenters. The molecule has 28 heavy (non-hydrogen) atoms. The lowest BCUT2D eigenvalue weighted by molar-refractivity contribution is 0.104. The summed E-state index contributed by atoms with van der Waals surface area (Å²) in [6.07, 6.45) is 0.931. The summed E-state index contributed by atoms with van der Waals surface area (Å²) in [5, 5.41) is 14.8. The number of carbonyl (C=O) groups excluding carboxylic acids is 1. The van der Waals surface area contributed by atoms with E-state index in [0.29, 0.717) is 27.8 Å². The highest BCUT2D eigenvalue weighted by atomic mass is 16.5. The van der Waals surface area contributed by atoms with E-state index < -0.39 is 0 Å². The molecule has 0 fully saturated rings. The van der Waals surface area contributed by atoms with Crippen molar-refractivity contribution < 1.29 is 19.4 Å². The second-order valence-corrected chi connectivity index (χ2v) is 7.11. The van der Waals surface area contributed by atoms with Crippen LogP contribution in [-0.2, 0) is 6.54 Å². The Bertz CT molecular complexity index is 1080. The van der Waals surface area contributed by atoms with Gasteiger partial charge in [0.05, 0.1) is 25.3 Å². The molecule has 0 spiro atoms. The number of phenolic OH excluding ortho intramolecular Hbond substituents is 1. The Morgan fingerprint density at radius 2 is 1.79 bits per heavy atom. The zero-order valence-electron chi connectivity index (χ0n) is 16.5. The quantitative estimate of drug-likeness (QED) is 0.669. The summed E-state index contributed by atoms with van der Waals surface area (Å²) >= 11 is 0. The summed E-state index contributed by atoms with van der Waals surface area (Å²) in [4.78, 5) is 13.5. The first kappa shape index (κ1) is 18.2. The molecular weight excluding hydrogens is 356 g/mol. The number of hydrogen-bond donors (Lipinski definition) is 2. The first-order valence-electron chi connectivity index (χ1n) is 9.34. The third-order valence-electron chi connectivity index (χ3n) is 5.43. The zero-order chi connectivity index (χ0) is 20.0. The van der Waals surface area contributed by atoms with Crippen molar-refractivity contribution in [2.24, 2.45) is 0 Å². The summed E-state index contributed by atoms with van der Waals surface area (Å²) < 4.78 is 13.1. The predicted molar refractivity (Wildman–Crippen MR) is 109 cm³/mol. The van der Waals surface area contributed by atoms with Crippen LogP contribution in [0.4, 0.5) is 5.82 Å². The smallest absolute Gasteiger partial charge is 0.205 e. The molecule has 0 aliphatic carbocycles. The third-order valence-corrected chi connectivity index (χ3v) is 5.43. The van der Waals surface area contributed by atoms with E-state index in [9.17, 15) is 9.90 Å². The van der Waals surface area contributed by atoms with Crippen molar-refractivity contribution >= 4 is 22.5 Å². The Morgan fingerprint density at radius 3 is 2.43 bits per heavy atom. The van der Waals surface area contributed by atoms with Gasteiger partial charge >= 0.3 is 0 Å². The summed E-state index contributed by atoms with van der Waals surface area (Å²) in [6, 6.07) is 7.54. The molecule has 1 aromatic heterocycles. The van der Waals surface area contributed by atoms with Gasteiger partial charge in [0.25, 0.3) is 0 Å². The number of aromatic hydroxyl groups is 1. The van der Waals surface area contributed by atoms with Crippen LogP contribution in [0.15, 0.2) is 24.3 Å². The number of hydrogen-bond acceptors (Lipinski definition) is 5. The van der Waals surface area contributed by atoms with Crippen molar-refractivity contribution in [3.63, 3.8) is 0 Å². The lowest BCUT2D eigenvalue weighted by atomic mass is 9.97. The molecule has 0 unspecified atom stereocenters. The van der Waals surface area contributed by atoms with Gasteiger partial charge in [0, 0.05) is 29.6 Å². The number of phenols is 1. The van der Waals surface area contributed by atoms with Gasteiger partial charge in [-0.1, -0.05) is 29.8 Å². The van der Waals surface area contributed by atoms with Crippen LogP contribution in [0.1, 0.15) is 33.5 Å². The highest BCUT2D eigenvalue weighted by Crippen LogP contribution is 2.50. The monoisotopic (exact) mass is 380 g/mol. The van der Waals surface area contributed by atoms with Gasteiger partial charge in [-0.15, -0.1) is 0 Å². The van der Waals surface area contributed by atoms with Crippen LogP contribution in [0.2, 0.25) is 0 Å². The number of benzene rings is 2. The molecule has 6 nitrogen and oxygen atoms in total. The van der Waals surface area contributed by atoms with Crippen molar-refractivity contribution in [3.05, 3.63) is 46.5 Å². The van der Waals surface area contributed by atoms with E-state index in [-0.39, 0.29) is 17.3 Å². The van der Waals surface area contributed by atoms with E-state index >= 15 is 0 Å². The molecule has 2 heterocycles. The minimum atomic E-state index is -0.0807. The Morgan fingerprint density at radius 1 is 1.11 bits per heavy atom. The summed E-state index contributed by atoms with van der Waals surface area (Å²) in [5.74, 6) is 1.40. The molecule has 0 amide bonds. The number of ketones is 1. The maximum absolute atomic E-state index is 13.5. The number of fused-ring (bicyclic) bond motifs is 3. The van der Waals surface area contributed by atoms with Crippen LogP contribution in [0.5, 0.6) is 17.2 Å². The van der Waals surface area contributed by atoms with E-state index in [4.69, 9.17) is 9.47 Å². The Kier molecular flexibility index (Phi) is 4.41. The topological polar surface area (TPSA) is 72.7 Å². The fraction of sp³-hybridized carbons (Fsp3) is 0.318. The van der Waals surface area contributed by atoms with Crippen molar-refractivity contribution in [1.82, 2.24) is 4.57 Å². The Balaban J connectivity index is 2.10. The maximum atomic E-state index is 13.5. The zero-order valence-corrected chi connectivity index (χ0v) is 16.5. The molecule has 2 N–H and O–H groups in total. The molecular formula is C22H24N2O4. The van der Waals surface area contributed by atoms with Crippen LogP contribution >= 0.6 is 0 Å². The predicted octanol–water partition coefficient (Wildman–Crippen LogP) is 4.03. The van der Waals surface area contributed by atoms with Crippen LogP contribution in [0.3, 0.4) is 0 Å². The fourth-order valence-electron chi connectivity index (χ4n) is 4.02. The lowest BCUT2D eigenvalue weighted by Gasteiger charge is -2.20. The largest absolute Gasteiger partial charge is 0.504 e. The first-order chi connectivity index (χ1) is 13.5. The van der Waals surface area contributed by atoms with Gasteiger partial charge in [0.2, 0.25) is 5.75 Å². The van der Waals surface area contributed by atoms with Gasteiger partial charge in [-0.25, -0.2) is 0 Å². The molecule has 0 saturated heterocycles. The van der Waals surface area contributed by atoms with Gasteiger partial charge < -0.3 is 24.5 Å². The van der Waals surface area contributed by atoms with E-state index in [1.807, 2.05) is 31.2 Å². The van der Waals surface area contributed by atoms with Crippen LogP contribution in [-0.4, -0.2) is 36.2 Å². The molecule has 0 radical (unpaired) electrons. The SMILES string of the molecule is COc1c(O)c(C)c2c(C(=O)c3ccc(C)cc3)c3n(c2c1OC)CCCN3. The van der Waals surface area contributed by atoms with Crippen molar-refractivity contribution in [2.45, 2.75) is 26.8 Å². The number of carbonyl (C=O) groups is 1. The second kappa shape index (κ2) is 6.78. The number of aromatic nitrogens is 1. The minimum absolute atomic E-state index is 0.00671. The van der Waals surface area contributed by atoms with Crippen molar-refractivity contribution in [1.29, 1.82) is 0 Å². The van der Waals surface area contributed by atoms with E-state index in [0.717, 1.165) is 36.4 Å². The normalized spacial score (nSPS) is 13.1. The molecule has 4 rings (SSSR count). The average Bonchev–Trinajstić information content (AvgIpc) is 3.05. The van der Waals surface area contributed by atoms with E-state index in [1.54, 1.807) is 14.0 Å². The molecule has 1 aliphatic heterocycles. The average molecular weight is 380 g/mol. The van der Waals surface area contributed by atoms with Crippen molar-refractivity contribution in [3.8, 4) is 17.2 Å². The van der Waals surface area contributed by atoms with Gasteiger partial charge in [0.1, 0.15) is 5.82 Å². The third kappa shape index (κ3) is 2.52. The standard InChI is InChI=1S/C22H24N2O4/c1-12-6-8-14(9-7-12)19(26)16-15-13(2)18(25)21(28-4)20(27-3)17(15)24-11-5-10-23-22(16)24/h6-9,23,25H,5,10-11H2,1-4H3. The minimum Gasteiger partial charge on any atom is -0.504 e. The number of methoxy groups -OCH3 is 2. The van der Waals surface area contributed by atoms with Crippen molar-refractivity contribution in [2.75, 3.05) is 26.1 Å². The number of nitrogens with one attached hydrogen (secondary N) is 1. The summed E-state index contributed by atoms with van der Waals surface area (Å²) in [7, 11) is 3.04. The lowest BCUT2D eigenvalue weighted by Crippen LogP contribution is -2.18. The summed E-state index contributed by atoms with van der Waals surface area (Å²) in [6.45, 7) is 5.33. The number of anilines is 1. The van der Waals surface area contributed by atoms with Gasteiger partial charge in [-0.2, -0.15) is 0 Å². The Hall–Kier alpha value is -3.15. The van der Waals surface area contributed by atoms with Gasteiger partial charge in [-0.05, 0) is 20.3 Å². The molecule has 6 heteroatoms. The van der Waals surface area contributed by atoms with Gasteiger partial charge in [0.15, 0.2) is 17.3 Å². The second-order valence-electron chi connectivity index (χ2n) is 7.11. The maximum Gasteiger partial charge on any atom is 0.205 e. The number of aryl methyl sites for hydroxylation is 3. The molecule has 0 saturated carbocycles.